The molecule has 3 rings (SSSR count). The molecule has 0 aliphatic carbocycles. The fraction of sp³-hybridized carbons (Fsp3) is 0.190. The first-order valence-corrected chi connectivity index (χ1v) is 11.6. The van der Waals surface area contributed by atoms with Gasteiger partial charge in [-0.05, 0) is 59.8 Å². The van der Waals surface area contributed by atoms with Crippen LogP contribution in [0.25, 0.3) is 10.4 Å². The lowest BCUT2D eigenvalue weighted by atomic mass is 10.1. The second kappa shape index (κ2) is 8.31. The monoisotopic (exact) mass is 414 g/mol. The molecule has 1 heterocycles. The standard InChI is InChI=1S/C21H23N2O3PS/c1-3-14(2)27(25,26)17-9-6-15(7-10-17)21(24)23-19-13-16(8-11-18(19)22)20-5-4-12-28-20/h4-14H,3,22H2,1-2H3,(H,23,24)(H,25,26). The molecule has 0 aliphatic heterocycles. The minimum atomic E-state index is -3.45. The Morgan fingerprint density at radius 2 is 1.93 bits per heavy atom. The average Bonchev–Trinajstić information content (AvgIpc) is 3.23. The number of amides is 1. The highest BCUT2D eigenvalue weighted by atomic mass is 32.1. The number of hydrogen-bond acceptors (Lipinski definition) is 4. The maximum atomic E-state index is 12.6. The van der Waals surface area contributed by atoms with Crippen LogP contribution in [-0.2, 0) is 4.57 Å². The summed E-state index contributed by atoms with van der Waals surface area (Å²) in [5, 5.41) is 5.18. The quantitative estimate of drug-likeness (QED) is 0.393. The highest BCUT2D eigenvalue weighted by Crippen LogP contribution is 2.46. The molecule has 0 radical (unpaired) electrons. The van der Waals surface area contributed by atoms with Crippen molar-refractivity contribution in [3.8, 4) is 10.4 Å². The van der Waals surface area contributed by atoms with Crippen LogP contribution in [0.3, 0.4) is 0 Å². The van der Waals surface area contributed by atoms with Crippen LogP contribution in [0.5, 0.6) is 0 Å². The number of nitrogen functional groups attached to an aromatic ring is 1. The lowest BCUT2D eigenvalue weighted by molar-refractivity contribution is 0.102. The molecule has 3 aromatic rings. The number of anilines is 2. The number of rotatable bonds is 6. The summed E-state index contributed by atoms with van der Waals surface area (Å²) in [6.45, 7) is 3.63. The molecule has 0 spiro atoms. The Labute approximate surface area is 168 Å². The summed E-state index contributed by atoms with van der Waals surface area (Å²) in [5.74, 6) is -0.321. The van der Waals surface area contributed by atoms with Gasteiger partial charge >= 0.3 is 0 Å². The summed E-state index contributed by atoms with van der Waals surface area (Å²) in [4.78, 5) is 24.0. The van der Waals surface area contributed by atoms with Gasteiger partial charge in [0.05, 0.1) is 11.4 Å². The first kappa shape index (κ1) is 20.3. The third-order valence-electron chi connectivity index (χ3n) is 4.79. The number of thiophene rings is 1. The zero-order valence-electron chi connectivity index (χ0n) is 15.8. The molecule has 146 valence electrons. The Hall–Kier alpha value is -2.40. The second-order valence-electron chi connectivity index (χ2n) is 6.66. The van der Waals surface area contributed by atoms with Gasteiger partial charge < -0.3 is 15.9 Å². The van der Waals surface area contributed by atoms with E-state index in [2.05, 4.69) is 5.32 Å². The van der Waals surface area contributed by atoms with Gasteiger partial charge in [0.1, 0.15) is 0 Å². The van der Waals surface area contributed by atoms with Gasteiger partial charge in [0.15, 0.2) is 0 Å². The maximum Gasteiger partial charge on any atom is 0.255 e. The number of carbonyl (C=O) groups is 1. The minimum absolute atomic E-state index is 0.321. The van der Waals surface area contributed by atoms with Crippen LogP contribution >= 0.6 is 18.7 Å². The summed E-state index contributed by atoms with van der Waals surface area (Å²) in [6, 6.07) is 15.7. The van der Waals surface area contributed by atoms with Gasteiger partial charge in [-0.2, -0.15) is 0 Å². The van der Waals surface area contributed by atoms with Crippen molar-refractivity contribution >= 4 is 41.3 Å². The Balaban J connectivity index is 1.80. The predicted octanol–water partition coefficient (Wildman–Crippen LogP) is 4.94. The van der Waals surface area contributed by atoms with Gasteiger partial charge in [-0.3, -0.25) is 9.36 Å². The third kappa shape index (κ3) is 4.20. The van der Waals surface area contributed by atoms with E-state index in [-0.39, 0.29) is 11.6 Å². The van der Waals surface area contributed by atoms with Gasteiger partial charge in [0, 0.05) is 21.4 Å². The van der Waals surface area contributed by atoms with E-state index in [0.29, 0.717) is 28.7 Å². The summed E-state index contributed by atoms with van der Waals surface area (Å²) < 4.78 is 12.6. The first-order chi connectivity index (χ1) is 13.3. The van der Waals surface area contributed by atoms with Crippen LogP contribution in [0.4, 0.5) is 11.4 Å². The topological polar surface area (TPSA) is 92.4 Å². The minimum Gasteiger partial charge on any atom is -0.397 e. The van der Waals surface area contributed by atoms with Gasteiger partial charge in [-0.1, -0.05) is 26.0 Å². The molecule has 0 fully saturated rings. The highest BCUT2D eigenvalue weighted by Gasteiger charge is 2.27. The van der Waals surface area contributed by atoms with Crippen LogP contribution in [0.2, 0.25) is 0 Å². The van der Waals surface area contributed by atoms with Crippen molar-refractivity contribution < 1.29 is 14.3 Å². The molecule has 28 heavy (non-hydrogen) atoms. The van der Waals surface area contributed by atoms with Crippen molar-refractivity contribution in [1.29, 1.82) is 0 Å². The number of hydrogen-bond donors (Lipinski definition) is 3. The van der Waals surface area contributed by atoms with Crippen LogP contribution in [-0.4, -0.2) is 16.5 Å². The SMILES string of the molecule is CCC(C)P(=O)(O)c1ccc(C(=O)Nc2cc(-c3cccs3)ccc2N)cc1. The zero-order valence-corrected chi connectivity index (χ0v) is 17.5. The predicted molar refractivity (Wildman–Crippen MR) is 118 cm³/mol. The van der Waals surface area contributed by atoms with Gasteiger partial charge in [-0.15, -0.1) is 11.3 Å². The van der Waals surface area contributed by atoms with Gasteiger partial charge in [0.25, 0.3) is 5.91 Å². The number of benzene rings is 2. The Morgan fingerprint density at radius 3 is 2.54 bits per heavy atom. The normalized spacial score (nSPS) is 14.2. The summed E-state index contributed by atoms with van der Waals surface area (Å²) in [7, 11) is -3.45. The molecule has 0 aliphatic rings. The molecular formula is C21H23N2O3PS. The van der Waals surface area contributed by atoms with Crippen molar-refractivity contribution in [2.45, 2.75) is 25.9 Å². The summed E-state index contributed by atoms with van der Waals surface area (Å²) >= 11 is 1.61. The second-order valence-corrected chi connectivity index (χ2v) is 10.3. The van der Waals surface area contributed by atoms with Crippen LogP contribution in [0, 0.1) is 0 Å². The van der Waals surface area contributed by atoms with Crippen molar-refractivity contribution in [3.05, 3.63) is 65.5 Å². The van der Waals surface area contributed by atoms with E-state index >= 15 is 0 Å². The molecule has 0 saturated heterocycles. The van der Waals surface area contributed by atoms with Crippen LogP contribution < -0.4 is 16.4 Å². The third-order valence-corrected chi connectivity index (χ3v) is 8.31. The van der Waals surface area contributed by atoms with Crippen LogP contribution in [0.15, 0.2) is 60.0 Å². The fourth-order valence-corrected chi connectivity index (χ4v) is 5.09. The Kier molecular flexibility index (Phi) is 6.04. The molecule has 2 unspecified atom stereocenters. The molecule has 7 heteroatoms. The highest BCUT2D eigenvalue weighted by molar-refractivity contribution is 7.66. The van der Waals surface area contributed by atoms with E-state index in [0.717, 1.165) is 10.4 Å². The molecule has 2 aromatic carbocycles. The van der Waals surface area contributed by atoms with E-state index in [1.165, 1.54) is 0 Å². The van der Waals surface area contributed by atoms with Crippen molar-refractivity contribution in [1.82, 2.24) is 0 Å². The molecule has 0 bridgehead atoms. The number of nitrogens with one attached hydrogen (secondary N) is 1. The van der Waals surface area contributed by atoms with Crippen LogP contribution in [0.1, 0.15) is 30.6 Å². The van der Waals surface area contributed by atoms with E-state index in [1.54, 1.807) is 48.6 Å². The molecule has 4 N–H and O–H groups in total. The number of nitrogens with two attached hydrogens (primary N) is 1. The van der Waals surface area contributed by atoms with Gasteiger partial charge in [0.2, 0.25) is 7.37 Å². The van der Waals surface area contributed by atoms with E-state index in [4.69, 9.17) is 5.73 Å². The maximum absolute atomic E-state index is 12.6. The van der Waals surface area contributed by atoms with E-state index in [1.807, 2.05) is 36.6 Å². The molecule has 1 amide bonds. The van der Waals surface area contributed by atoms with E-state index in [9.17, 15) is 14.3 Å². The molecule has 5 nitrogen and oxygen atoms in total. The van der Waals surface area contributed by atoms with Crippen molar-refractivity contribution in [2.24, 2.45) is 0 Å². The smallest absolute Gasteiger partial charge is 0.255 e. The van der Waals surface area contributed by atoms with Crippen molar-refractivity contribution in [3.63, 3.8) is 0 Å². The summed E-state index contributed by atoms with van der Waals surface area (Å²) in [6.07, 6.45) is 0.607. The number of carbonyl (C=O) groups excluding carboxylic acids is 1. The summed E-state index contributed by atoms with van der Waals surface area (Å²) in [5.41, 5.74) is 8.07. The Morgan fingerprint density at radius 1 is 1.21 bits per heavy atom. The zero-order chi connectivity index (χ0) is 20.3. The van der Waals surface area contributed by atoms with Crippen molar-refractivity contribution in [2.75, 3.05) is 11.1 Å². The fourth-order valence-electron chi connectivity index (χ4n) is 2.78. The van der Waals surface area contributed by atoms with Gasteiger partial charge in [-0.25, -0.2) is 0 Å². The molecule has 0 saturated carbocycles. The van der Waals surface area contributed by atoms with E-state index < -0.39 is 7.37 Å². The molecule has 2 atom stereocenters. The lowest BCUT2D eigenvalue weighted by Gasteiger charge is -2.18. The molecular weight excluding hydrogens is 391 g/mol. The first-order valence-electron chi connectivity index (χ1n) is 9.00. The Bertz CT molecular complexity index is 1020. The average molecular weight is 414 g/mol. The molecule has 1 aromatic heterocycles. The largest absolute Gasteiger partial charge is 0.397 e. The lowest BCUT2D eigenvalue weighted by Crippen LogP contribution is -2.17.